The van der Waals surface area contributed by atoms with Gasteiger partial charge in [0.2, 0.25) is 0 Å². The highest BCUT2D eigenvalue weighted by Crippen LogP contribution is 2.56. The SMILES string of the molecule is C[C@@]1(C=O)CCC[C@]2(C)c3cc(OCc4ccccc4)ccc3CC[C@@H]12. The van der Waals surface area contributed by atoms with E-state index in [0.29, 0.717) is 12.5 Å². The first-order valence-electron chi connectivity index (χ1n) is 9.82. The second-order valence-electron chi connectivity index (χ2n) is 8.58. The van der Waals surface area contributed by atoms with Crippen molar-refractivity contribution in [1.82, 2.24) is 0 Å². The summed E-state index contributed by atoms with van der Waals surface area (Å²) in [6, 6.07) is 16.9. The van der Waals surface area contributed by atoms with Crippen molar-refractivity contribution in [2.24, 2.45) is 11.3 Å². The highest BCUT2D eigenvalue weighted by molar-refractivity contribution is 5.61. The maximum atomic E-state index is 11.9. The molecule has 26 heavy (non-hydrogen) atoms. The first kappa shape index (κ1) is 17.3. The molecule has 0 radical (unpaired) electrons. The van der Waals surface area contributed by atoms with Gasteiger partial charge in [0.15, 0.2) is 0 Å². The number of aryl methyl sites for hydroxylation is 1. The van der Waals surface area contributed by atoms with Crippen molar-refractivity contribution in [1.29, 1.82) is 0 Å². The molecule has 0 unspecified atom stereocenters. The summed E-state index contributed by atoms with van der Waals surface area (Å²) in [6.45, 7) is 5.13. The Morgan fingerprint density at radius 2 is 1.92 bits per heavy atom. The summed E-state index contributed by atoms with van der Waals surface area (Å²) in [5.41, 5.74) is 3.91. The average molecular weight is 348 g/mol. The molecule has 2 heteroatoms. The lowest BCUT2D eigenvalue weighted by atomic mass is 9.50. The Kier molecular flexibility index (Phi) is 4.38. The van der Waals surface area contributed by atoms with E-state index in [1.165, 1.54) is 23.0 Å². The van der Waals surface area contributed by atoms with Gasteiger partial charge in [0, 0.05) is 5.41 Å². The zero-order valence-electron chi connectivity index (χ0n) is 15.8. The average Bonchev–Trinajstić information content (AvgIpc) is 2.67. The molecular formula is C24H28O2. The summed E-state index contributed by atoms with van der Waals surface area (Å²) in [4.78, 5) is 11.9. The smallest absolute Gasteiger partial charge is 0.126 e. The van der Waals surface area contributed by atoms with Gasteiger partial charge in [-0.3, -0.25) is 0 Å². The van der Waals surface area contributed by atoms with Crippen LogP contribution in [0.25, 0.3) is 0 Å². The molecule has 4 rings (SSSR count). The number of carbonyl (C=O) groups excluding carboxylic acids is 1. The van der Waals surface area contributed by atoms with Crippen LogP contribution >= 0.6 is 0 Å². The van der Waals surface area contributed by atoms with E-state index in [1.807, 2.05) is 18.2 Å². The third-order valence-corrected chi connectivity index (χ3v) is 6.89. The molecule has 2 aromatic rings. The highest BCUT2D eigenvalue weighted by Gasteiger charge is 2.51. The second kappa shape index (κ2) is 6.57. The molecule has 1 saturated carbocycles. The maximum absolute atomic E-state index is 11.9. The number of benzene rings is 2. The van der Waals surface area contributed by atoms with Gasteiger partial charge in [-0.05, 0) is 65.8 Å². The minimum atomic E-state index is -0.189. The van der Waals surface area contributed by atoms with Crippen molar-refractivity contribution in [3.05, 3.63) is 65.2 Å². The Hall–Kier alpha value is -2.09. The van der Waals surface area contributed by atoms with Crippen LogP contribution in [0.1, 0.15) is 56.2 Å². The number of ether oxygens (including phenoxy) is 1. The Bertz CT molecular complexity index is 797. The van der Waals surface area contributed by atoms with E-state index in [0.717, 1.165) is 37.9 Å². The molecule has 0 N–H and O–H groups in total. The lowest BCUT2D eigenvalue weighted by molar-refractivity contribution is -0.123. The van der Waals surface area contributed by atoms with Gasteiger partial charge in [-0.1, -0.05) is 56.7 Å². The van der Waals surface area contributed by atoms with Gasteiger partial charge in [-0.2, -0.15) is 0 Å². The topological polar surface area (TPSA) is 26.3 Å². The first-order chi connectivity index (χ1) is 12.5. The molecule has 0 heterocycles. The van der Waals surface area contributed by atoms with Crippen molar-refractivity contribution < 1.29 is 9.53 Å². The molecule has 3 atom stereocenters. The van der Waals surface area contributed by atoms with Crippen LogP contribution in [0.5, 0.6) is 5.75 Å². The summed E-state index contributed by atoms with van der Waals surface area (Å²) in [6.07, 6.45) is 6.72. The predicted molar refractivity (Wildman–Crippen MR) is 104 cm³/mol. The molecule has 1 fully saturated rings. The molecule has 2 aromatic carbocycles. The fraction of sp³-hybridized carbons (Fsp3) is 0.458. The highest BCUT2D eigenvalue weighted by atomic mass is 16.5. The summed E-state index contributed by atoms with van der Waals surface area (Å²) in [7, 11) is 0. The molecule has 2 aliphatic carbocycles. The summed E-state index contributed by atoms with van der Waals surface area (Å²) < 4.78 is 6.09. The number of hydrogen-bond acceptors (Lipinski definition) is 2. The third kappa shape index (κ3) is 2.86. The van der Waals surface area contributed by atoms with Gasteiger partial charge in [0.1, 0.15) is 18.6 Å². The van der Waals surface area contributed by atoms with Gasteiger partial charge < -0.3 is 9.53 Å². The normalized spacial score (nSPS) is 30.2. The lowest BCUT2D eigenvalue weighted by Crippen LogP contribution is -2.49. The minimum Gasteiger partial charge on any atom is -0.489 e. The minimum absolute atomic E-state index is 0.0770. The fourth-order valence-corrected chi connectivity index (χ4v) is 5.46. The van der Waals surface area contributed by atoms with Crippen molar-refractivity contribution in [2.75, 3.05) is 0 Å². The van der Waals surface area contributed by atoms with Gasteiger partial charge in [-0.25, -0.2) is 0 Å². The van der Waals surface area contributed by atoms with E-state index in [4.69, 9.17) is 4.74 Å². The maximum Gasteiger partial charge on any atom is 0.126 e. The molecule has 0 saturated heterocycles. The van der Waals surface area contributed by atoms with Crippen LogP contribution in [0, 0.1) is 11.3 Å². The van der Waals surface area contributed by atoms with E-state index >= 15 is 0 Å². The van der Waals surface area contributed by atoms with Gasteiger partial charge in [0.25, 0.3) is 0 Å². The number of hydrogen-bond donors (Lipinski definition) is 0. The van der Waals surface area contributed by atoms with Gasteiger partial charge >= 0.3 is 0 Å². The molecule has 0 bridgehead atoms. The zero-order chi connectivity index (χ0) is 18.2. The van der Waals surface area contributed by atoms with E-state index in [1.54, 1.807) is 0 Å². The second-order valence-corrected chi connectivity index (χ2v) is 8.58. The van der Waals surface area contributed by atoms with Gasteiger partial charge in [-0.15, -0.1) is 0 Å². The molecule has 136 valence electrons. The summed E-state index contributed by atoms with van der Waals surface area (Å²) in [5, 5.41) is 0. The van der Waals surface area contributed by atoms with Crippen LogP contribution in [-0.2, 0) is 23.2 Å². The van der Waals surface area contributed by atoms with Gasteiger partial charge in [0.05, 0.1) is 0 Å². The number of aldehydes is 1. The number of fused-ring (bicyclic) bond motifs is 3. The molecule has 0 aliphatic heterocycles. The Morgan fingerprint density at radius 3 is 2.69 bits per heavy atom. The Balaban J connectivity index is 1.63. The zero-order valence-corrected chi connectivity index (χ0v) is 15.8. The Labute approximate surface area is 156 Å². The van der Waals surface area contributed by atoms with Crippen molar-refractivity contribution in [2.45, 2.75) is 58.0 Å². The van der Waals surface area contributed by atoms with E-state index in [9.17, 15) is 4.79 Å². The molecule has 0 amide bonds. The summed E-state index contributed by atoms with van der Waals surface area (Å²) in [5.74, 6) is 1.37. The van der Waals surface area contributed by atoms with Crippen LogP contribution in [0.4, 0.5) is 0 Å². The largest absolute Gasteiger partial charge is 0.489 e. The van der Waals surface area contributed by atoms with Crippen LogP contribution in [-0.4, -0.2) is 6.29 Å². The van der Waals surface area contributed by atoms with Crippen molar-refractivity contribution >= 4 is 6.29 Å². The quantitative estimate of drug-likeness (QED) is 0.684. The van der Waals surface area contributed by atoms with E-state index < -0.39 is 0 Å². The van der Waals surface area contributed by atoms with E-state index in [2.05, 4.69) is 44.2 Å². The summed E-state index contributed by atoms with van der Waals surface area (Å²) >= 11 is 0. The van der Waals surface area contributed by atoms with Crippen LogP contribution in [0.2, 0.25) is 0 Å². The van der Waals surface area contributed by atoms with Crippen LogP contribution < -0.4 is 4.74 Å². The first-order valence-corrected chi connectivity index (χ1v) is 9.82. The third-order valence-electron chi connectivity index (χ3n) is 6.89. The number of carbonyl (C=O) groups is 1. The lowest BCUT2D eigenvalue weighted by Gasteiger charge is -2.53. The van der Waals surface area contributed by atoms with E-state index in [-0.39, 0.29) is 10.8 Å². The molecular weight excluding hydrogens is 320 g/mol. The Morgan fingerprint density at radius 1 is 1.12 bits per heavy atom. The number of rotatable bonds is 4. The fourth-order valence-electron chi connectivity index (χ4n) is 5.46. The van der Waals surface area contributed by atoms with Crippen molar-refractivity contribution in [3.63, 3.8) is 0 Å². The molecule has 0 spiro atoms. The molecule has 0 aromatic heterocycles. The standard InChI is InChI=1S/C24H28O2/c1-23(17-25)13-6-14-24(2)21-15-20(11-9-19(21)10-12-22(23)24)26-16-18-7-4-3-5-8-18/h3-5,7-9,11,15,17,22H,6,10,12-14,16H2,1-2H3/t22-,23-,24+/m0/s1. The van der Waals surface area contributed by atoms with Crippen LogP contribution in [0.3, 0.4) is 0 Å². The monoisotopic (exact) mass is 348 g/mol. The predicted octanol–water partition coefficient (Wildman–Crippen LogP) is 5.47. The molecule has 2 aliphatic rings. The van der Waals surface area contributed by atoms with Crippen molar-refractivity contribution in [3.8, 4) is 5.75 Å². The molecule has 2 nitrogen and oxygen atoms in total. The van der Waals surface area contributed by atoms with Crippen LogP contribution in [0.15, 0.2) is 48.5 Å².